The van der Waals surface area contributed by atoms with Gasteiger partial charge in [0.2, 0.25) is 0 Å². The highest BCUT2D eigenvalue weighted by molar-refractivity contribution is 7.19. The van der Waals surface area contributed by atoms with Crippen LogP contribution in [0, 0.1) is 0 Å². The second kappa shape index (κ2) is 4.91. The molecule has 17 heavy (non-hydrogen) atoms. The number of hydrogen-bond donors (Lipinski definition) is 2. The zero-order valence-corrected chi connectivity index (χ0v) is 10.9. The molecule has 2 aromatic rings. The molecule has 4 N–H and O–H groups in total. The number of fused-ring (bicyclic) bond motifs is 1. The lowest BCUT2D eigenvalue weighted by molar-refractivity contribution is 0.478. The molecule has 0 aliphatic rings. The van der Waals surface area contributed by atoms with Gasteiger partial charge < -0.3 is 10.7 Å². The van der Waals surface area contributed by atoms with E-state index in [4.69, 9.17) is 23.2 Å². The Balaban J connectivity index is 2.29. The molecule has 2 heterocycles. The van der Waals surface area contributed by atoms with E-state index in [-0.39, 0.29) is 0 Å². The van der Waals surface area contributed by atoms with Crippen molar-refractivity contribution in [3.8, 4) is 0 Å². The van der Waals surface area contributed by atoms with Gasteiger partial charge in [0.15, 0.2) is 0 Å². The average Bonchev–Trinajstić information content (AvgIpc) is 2.60. The third-order valence-corrected chi connectivity index (χ3v) is 3.75. The lowest BCUT2D eigenvalue weighted by Gasteiger charge is -2.06. The van der Waals surface area contributed by atoms with Crippen LogP contribution in [0.2, 0.25) is 5.02 Å². The van der Waals surface area contributed by atoms with Crippen molar-refractivity contribution < 1.29 is 0 Å². The van der Waals surface area contributed by atoms with Crippen LogP contribution in [-0.4, -0.2) is 17.0 Å². The van der Waals surface area contributed by atoms with E-state index in [1.807, 2.05) is 6.07 Å². The van der Waals surface area contributed by atoms with Crippen LogP contribution in [0.1, 0.15) is 4.88 Å². The molecule has 0 atom stereocenters. The molecular weight excluding hydrogens is 256 g/mol. The smallest absolute Gasteiger partial charge is 0.0827 e. The van der Waals surface area contributed by atoms with Gasteiger partial charge in [-0.25, -0.2) is 5.84 Å². The first-order valence-electron chi connectivity index (χ1n) is 5.03. The van der Waals surface area contributed by atoms with Gasteiger partial charge in [0, 0.05) is 36.4 Å². The lowest BCUT2D eigenvalue weighted by atomic mass is 10.3. The summed E-state index contributed by atoms with van der Waals surface area (Å²) >= 11 is 7.69. The van der Waals surface area contributed by atoms with Crippen LogP contribution in [0.5, 0.6) is 0 Å². The Morgan fingerprint density at radius 3 is 3.06 bits per heavy atom. The quantitative estimate of drug-likeness (QED) is 0.661. The first-order valence-corrected chi connectivity index (χ1v) is 6.22. The van der Waals surface area contributed by atoms with E-state index in [2.05, 4.69) is 4.98 Å². The maximum Gasteiger partial charge on any atom is 0.0827 e. The van der Waals surface area contributed by atoms with Gasteiger partial charge >= 0.3 is 0 Å². The van der Waals surface area contributed by atoms with E-state index >= 15 is 0 Å². The number of hydrazine groups is 1. The summed E-state index contributed by atoms with van der Waals surface area (Å²) in [5, 5.41) is 2.16. The number of nitrogens with two attached hydrogens (primary N) is 2. The SMILES string of the molecule is CN(N)/C=C(\N)Cc1cc2nccc(Cl)c2s1. The number of halogens is 1. The summed E-state index contributed by atoms with van der Waals surface area (Å²) < 4.78 is 0.998. The Kier molecular flexibility index (Phi) is 3.51. The second-order valence-electron chi connectivity index (χ2n) is 3.77. The number of thiophene rings is 1. The first kappa shape index (κ1) is 12.2. The molecule has 0 aliphatic heterocycles. The van der Waals surface area contributed by atoms with Gasteiger partial charge in [-0.05, 0) is 12.1 Å². The van der Waals surface area contributed by atoms with Crippen molar-refractivity contribution in [3.05, 3.63) is 40.1 Å². The van der Waals surface area contributed by atoms with Crippen LogP contribution in [0.4, 0.5) is 0 Å². The van der Waals surface area contributed by atoms with Crippen molar-refractivity contribution in [3.63, 3.8) is 0 Å². The monoisotopic (exact) mass is 268 g/mol. The molecule has 6 heteroatoms. The zero-order chi connectivity index (χ0) is 12.4. The van der Waals surface area contributed by atoms with Gasteiger partial charge in [-0.3, -0.25) is 4.98 Å². The molecule has 0 saturated heterocycles. The Labute approximate surface area is 108 Å². The molecular formula is C11H13ClN4S. The molecule has 0 spiro atoms. The maximum atomic E-state index is 6.09. The van der Waals surface area contributed by atoms with Crippen LogP contribution in [0.15, 0.2) is 30.2 Å². The van der Waals surface area contributed by atoms with Crippen LogP contribution in [0.3, 0.4) is 0 Å². The van der Waals surface area contributed by atoms with Crippen molar-refractivity contribution in [2.45, 2.75) is 6.42 Å². The summed E-state index contributed by atoms with van der Waals surface area (Å²) in [5.74, 6) is 5.49. The van der Waals surface area contributed by atoms with Crippen molar-refractivity contribution in [2.75, 3.05) is 7.05 Å². The number of hydrogen-bond acceptors (Lipinski definition) is 5. The predicted molar refractivity (Wildman–Crippen MR) is 72.6 cm³/mol. The Bertz CT molecular complexity index is 562. The van der Waals surface area contributed by atoms with E-state index < -0.39 is 0 Å². The van der Waals surface area contributed by atoms with E-state index in [0.717, 1.165) is 20.1 Å². The molecule has 0 unspecified atom stereocenters. The van der Waals surface area contributed by atoms with Crippen LogP contribution < -0.4 is 11.6 Å². The summed E-state index contributed by atoms with van der Waals surface area (Å²) in [6.45, 7) is 0. The molecule has 0 bridgehead atoms. The van der Waals surface area contributed by atoms with Gasteiger partial charge in [0.1, 0.15) is 0 Å². The summed E-state index contributed by atoms with van der Waals surface area (Å²) in [6, 6.07) is 3.79. The van der Waals surface area contributed by atoms with Gasteiger partial charge in [0.05, 0.1) is 15.2 Å². The largest absolute Gasteiger partial charge is 0.401 e. The van der Waals surface area contributed by atoms with Crippen molar-refractivity contribution >= 4 is 33.2 Å². The Morgan fingerprint density at radius 1 is 1.65 bits per heavy atom. The van der Waals surface area contributed by atoms with Crippen LogP contribution in [-0.2, 0) is 6.42 Å². The maximum absolute atomic E-state index is 6.09. The van der Waals surface area contributed by atoms with Gasteiger partial charge in [-0.2, -0.15) is 0 Å². The topological polar surface area (TPSA) is 68.2 Å². The molecule has 90 valence electrons. The normalized spacial score (nSPS) is 12.1. The summed E-state index contributed by atoms with van der Waals surface area (Å²) in [6.07, 6.45) is 4.05. The fourth-order valence-electron chi connectivity index (χ4n) is 1.55. The molecule has 0 aromatic carbocycles. The third-order valence-electron chi connectivity index (χ3n) is 2.16. The third kappa shape index (κ3) is 2.88. The van der Waals surface area contributed by atoms with Crippen molar-refractivity contribution in [2.24, 2.45) is 11.6 Å². The Hall–Kier alpha value is -1.30. The average molecular weight is 269 g/mol. The highest BCUT2D eigenvalue weighted by Crippen LogP contribution is 2.30. The predicted octanol–water partition coefficient (Wildman–Crippen LogP) is 2.10. The molecule has 2 rings (SSSR count). The van der Waals surface area contributed by atoms with E-state index in [1.165, 1.54) is 5.01 Å². The standard InChI is InChI=1S/C11H13ClN4S/c1-16(14)6-7(13)4-8-5-10-11(17-8)9(12)2-3-15-10/h2-3,5-6H,4,13-14H2,1H3/b7-6-. The Morgan fingerprint density at radius 2 is 2.41 bits per heavy atom. The summed E-state index contributed by atoms with van der Waals surface area (Å²) in [7, 11) is 1.73. The van der Waals surface area contributed by atoms with Gasteiger partial charge in [0.25, 0.3) is 0 Å². The van der Waals surface area contributed by atoms with Crippen LogP contribution >= 0.6 is 22.9 Å². The molecule has 2 aromatic heterocycles. The fraction of sp³-hybridized carbons (Fsp3) is 0.182. The first-order chi connectivity index (χ1) is 8.06. The number of allylic oxidation sites excluding steroid dienone is 1. The zero-order valence-electron chi connectivity index (χ0n) is 9.35. The van der Waals surface area contributed by atoms with E-state index in [0.29, 0.717) is 12.1 Å². The highest BCUT2D eigenvalue weighted by atomic mass is 35.5. The summed E-state index contributed by atoms with van der Waals surface area (Å²) in [4.78, 5) is 5.38. The van der Waals surface area contributed by atoms with Crippen molar-refractivity contribution in [1.29, 1.82) is 0 Å². The number of aromatic nitrogens is 1. The van der Waals surface area contributed by atoms with Gasteiger partial charge in [-0.15, -0.1) is 11.3 Å². The fourth-order valence-corrected chi connectivity index (χ4v) is 2.87. The number of rotatable bonds is 3. The minimum absolute atomic E-state index is 0.652. The van der Waals surface area contributed by atoms with Crippen LogP contribution in [0.25, 0.3) is 10.2 Å². The molecule has 0 saturated carbocycles. The highest BCUT2D eigenvalue weighted by Gasteiger charge is 2.06. The number of nitrogens with zero attached hydrogens (tertiary/aromatic N) is 2. The molecule has 0 radical (unpaired) electrons. The van der Waals surface area contributed by atoms with E-state index in [1.54, 1.807) is 36.8 Å². The number of pyridine rings is 1. The minimum Gasteiger partial charge on any atom is -0.401 e. The van der Waals surface area contributed by atoms with E-state index in [9.17, 15) is 0 Å². The molecule has 0 amide bonds. The minimum atomic E-state index is 0.652. The summed E-state index contributed by atoms with van der Waals surface area (Å²) in [5.41, 5.74) is 7.47. The van der Waals surface area contributed by atoms with Crippen molar-refractivity contribution in [1.82, 2.24) is 9.99 Å². The molecule has 0 aliphatic carbocycles. The van der Waals surface area contributed by atoms with Gasteiger partial charge in [-0.1, -0.05) is 11.6 Å². The second-order valence-corrected chi connectivity index (χ2v) is 5.31. The molecule has 0 fully saturated rings. The lowest BCUT2D eigenvalue weighted by Crippen LogP contribution is -2.21. The molecule has 4 nitrogen and oxygen atoms in total.